The molecule has 2 aromatic rings. The summed E-state index contributed by atoms with van der Waals surface area (Å²) in [4.78, 5) is 22.4. The summed E-state index contributed by atoms with van der Waals surface area (Å²) in [5.41, 5.74) is -1.15. The molecule has 0 spiro atoms. The van der Waals surface area contributed by atoms with Crippen LogP contribution in [0.2, 0.25) is 0 Å². The summed E-state index contributed by atoms with van der Waals surface area (Å²) >= 11 is 0. The molecule has 1 aliphatic heterocycles. The van der Waals surface area contributed by atoms with Crippen molar-refractivity contribution in [3.63, 3.8) is 0 Å². The highest BCUT2D eigenvalue weighted by molar-refractivity contribution is 7.82. The third-order valence-corrected chi connectivity index (χ3v) is 5.76. The van der Waals surface area contributed by atoms with E-state index in [9.17, 15) is 27.3 Å². The molecule has 1 amide bonds. The molecule has 0 aliphatic carbocycles. The van der Waals surface area contributed by atoms with Gasteiger partial charge in [0.1, 0.15) is 21.8 Å². The molecule has 3 heterocycles. The third kappa shape index (κ3) is 6.49. The molecule has 3 atom stereocenters. The van der Waals surface area contributed by atoms with Crippen LogP contribution in [0, 0.1) is 11.8 Å². The van der Waals surface area contributed by atoms with Crippen LogP contribution < -0.4 is 15.4 Å². The fourth-order valence-electron chi connectivity index (χ4n) is 3.55. The zero-order valence-electron chi connectivity index (χ0n) is 18.8. The van der Waals surface area contributed by atoms with Crippen LogP contribution in [0.4, 0.5) is 24.7 Å². The number of nitrogens with one attached hydrogen (secondary N) is 1. The highest BCUT2D eigenvalue weighted by Crippen LogP contribution is 2.34. The zero-order valence-corrected chi connectivity index (χ0v) is 19.6. The molecule has 0 radical (unpaired) electrons. The van der Waals surface area contributed by atoms with Gasteiger partial charge in [-0.3, -0.25) is 4.79 Å². The van der Waals surface area contributed by atoms with Gasteiger partial charge in [0.2, 0.25) is 0 Å². The van der Waals surface area contributed by atoms with Crippen molar-refractivity contribution in [3.05, 3.63) is 41.7 Å². The molecule has 0 aromatic carbocycles. The van der Waals surface area contributed by atoms with Crippen molar-refractivity contribution in [1.82, 2.24) is 9.97 Å². The topological polar surface area (TPSA) is 121 Å². The van der Waals surface area contributed by atoms with Gasteiger partial charge in [-0.05, 0) is 30.0 Å². The highest BCUT2D eigenvalue weighted by atomic mass is 32.2. The number of hydrogen-bond acceptors (Lipinski definition) is 6. The number of amides is 1. The second kappa shape index (κ2) is 11.0. The summed E-state index contributed by atoms with van der Waals surface area (Å²) in [6, 6.07) is 3.42. The maximum Gasteiger partial charge on any atom is 0.417 e. The van der Waals surface area contributed by atoms with Gasteiger partial charge < -0.3 is 15.3 Å². The third-order valence-electron chi connectivity index (χ3n) is 5.12. The van der Waals surface area contributed by atoms with E-state index >= 15 is 0 Å². The number of alkyl halides is 3. The largest absolute Gasteiger partial charge is 0.417 e. The Bertz CT molecular complexity index is 993. The van der Waals surface area contributed by atoms with E-state index in [1.165, 1.54) is 18.3 Å². The molecule has 8 nitrogen and oxygen atoms in total. The second-order valence-corrected chi connectivity index (χ2v) is 8.59. The minimum atomic E-state index is -4.68. The van der Waals surface area contributed by atoms with E-state index in [0.717, 1.165) is 6.07 Å². The lowest BCUT2D eigenvalue weighted by Crippen LogP contribution is -2.48. The van der Waals surface area contributed by atoms with Crippen LogP contribution in [0.3, 0.4) is 0 Å². The quantitative estimate of drug-likeness (QED) is 0.609. The van der Waals surface area contributed by atoms with Crippen molar-refractivity contribution in [2.45, 2.75) is 45.0 Å². The summed E-state index contributed by atoms with van der Waals surface area (Å²) in [6.45, 7) is 8.30. The molecule has 0 saturated carbocycles. The van der Waals surface area contributed by atoms with Crippen LogP contribution in [0.25, 0.3) is 0 Å². The van der Waals surface area contributed by atoms with Crippen molar-refractivity contribution in [3.8, 4) is 0 Å². The zero-order chi connectivity index (χ0) is 24.9. The van der Waals surface area contributed by atoms with E-state index in [1.54, 1.807) is 4.90 Å². The molecule has 1 aliphatic rings. The Labute approximate surface area is 193 Å². The van der Waals surface area contributed by atoms with Crippen LogP contribution >= 0.6 is 0 Å². The molecule has 33 heavy (non-hydrogen) atoms. The number of hydrogen-bond donors (Lipinski definition) is 3. The molecule has 2 aromatic heterocycles. The van der Waals surface area contributed by atoms with Gasteiger partial charge in [0, 0.05) is 31.2 Å². The number of aliphatic hydroxyl groups excluding tert-OH is 1. The molecule has 4 N–H and O–H groups in total. The molecule has 1 saturated heterocycles. The first-order chi connectivity index (χ1) is 15.5. The maximum atomic E-state index is 13.3. The SMILES string of the molecule is CC.CC1CN(c2ncc(C(F)(F)F)cc2C(=O)Nc2ccnc(S(N)=O)c2)CC(C)C1O. The van der Waals surface area contributed by atoms with Crippen molar-refractivity contribution >= 4 is 28.4 Å². The first-order valence-corrected chi connectivity index (χ1v) is 11.6. The Kier molecular flexibility index (Phi) is 8.92. The van der Waals surface area contributed by atoms with Gasteiger partial charge in [-0.2, -0.15) is 13.2 Å². The van der Waals surface area contributed by atoms with Gasteiger partial charge in [0.05, 0.1) is 17.2 Å². The lowest BCUT2D eigenvalue weighted by Gasteiger charge is -2.40. The Morgan fingerprint density at radius 2 is 1.82 bits per heavy atom. The van der Waals surface area contributed by atoms with Crippen LogP contribution in [0.5, 0.6) is 0 Å². The number of aromatic nitrogens is 2. The number of pyridine rings is 2. The second-order valence-electron chi connectivity index (χ2n) is 7.58. The van der Waals surface area contributed by atoms with Gasteiger partial charge in [-0.1, -0.05) is 27.7 Å². The summed E-state index contributed by atoms with van der Waals surface area (Å²) in [7, 11) is -1.89. The first-order valence-electron chi connectivity index (χ1n) is 10.4. The monoisotopic (exact) mass is 487 g/mol. The minimum Gasteiger partial charge on any atom is -0.392 e. The smallest absolute Gasteiger partial charge is 0.392 e. The van der Waals surface area contributed by atoms with E-state index < -0.39 is 34.7 Å². The molecule has 3 unspecified atom stereocenters. The summed E-state index contributed by atoms with van der Waals surface area (Å²) in [5, 5.41) is 18.0. The number of anilines is 2. The van der Waals surface area contributed by atoms with Crippen LogP contribution in [-0.2, 0) is 17.2 Å². The normalized spacial score (nSPS) is 21.6. The fraction of sp³-hybridized carbons (Fsp3) is 0.476. The van der Waals surface area contributed by atoms with Gasteiger partial charge in [-0.15, -0.1) is 0 Å². The number of piperidine rings is 1. The number of rotatable bonds is 4. The Balaban J connectivity index is 0.00000187. The van der Waals surface area contributed by atoms with Crippen molar-refractivity contribution < 1.29 is 27.3 Å². The van der Waals surface area contributed by atoms with E-state index in [0.29, 0.717) is 19.3 Å². The van der Waals surface area contributed by atoms with Crippen LogP contribution in [-0.4, -0.2) is 44.4 Å². The lowest BCUT2D eigenvalue weighted by molar-refractivity contribution is -0.137. The Morgan fingerprint density at radius 1 is 1.21 bits per heavy atom. The molecule has 1 fully saturated rings. The van der Waals surface area contributed by atoms with E-state index in [2.05, 4.69) is 15.3 Å². The molecular formula is C21H28F3N5O3S. The van der Waals surface area contributed by atoms with Crippen LogP contribution in [0.15, 0.2) is 35.6 Å². The molecular weight excluding hydrogens is 459 g/mol. The van der Waals surface area contributed by atoms with Gasteiger partial charge in [-0.25, -0.2) is 19.3 Å². The number of aliphatic hydroxyl groups is 1. The maximum absolute atomic E-state index is 13.3. The van der Waals surface area contributed by atoms with Gasteiger partial charge in [0.15, 0.2) is 0 Å². The lowest BCUT2D eigenvalue weighted by atomic mass is 9.88. The van der Waals surface area contributed by atoms with E-state index in [4.69, 9.17) is 5.14 Å². The summed E-state index contributed by atoms with van der Waals surface area (Å²) < 4.78 is 51.2. The van der Waals surface area contributed by atoms with Crippen molar-refractivity contribution in [1.29, 1.82) is 0 Å². The number of halogens is 3. The van der Waals surface area contributed by atoms with E-state index in [-0.39, 0.29) is 33.9 Å². The first kappa shape index (κ1) is 26.7. The Morgan fingerprint density at radius 3 is 2.36 bits per heavy atom. The molecule has 12 heteroatoms. The van der Waals surface area contributed by atoms with Crippen molar-refractivity contribution in [2.75, 3.05) is 23.3 Å². The highest BCUT2D eigenvalue weighted by Gasteiger charge is 2.36. The number of carbonyl (C=O) groups is 1. The van der Waals surface area contributed by atoms with Gasteiger partial charge >= 0.3 is 6.18 Å². The van der Waals surface area contributed by atoms with Crippen molar-refractivity contribution in [2.24, 2.45) is 17.0 Å². The molecule has 3 rings (SSSR count). The summed E-state index contributed by atoms with van der Waals surface area (Å²) in [6.07, 6.45) is -3.28. The number of nitrogens with two attached hydrogens (primary N) is 1. The summed E-state index contributed by atoms with van der Waals surface area (Å²) in [5.74, 6) is -1.05. The standard InChI is InChI=1S/C19H22F3N5O3S.C2H6/c1-10-8-27(9-11(2)16(10)28)17-14(5-12(7-25-17)19(20,21)22)18(29)26-13-3-4-24-15(6-13)31(23)30;1-2/h3-7,10-11,16,28H,8-9,23H2,1-2H3,(H,24,26,29);1-2H3. The Hall–Kier alpha value is -2.57. The average Bonchev–Trinajstić information content (AvgIpc) is 2.77. The van der Waals surface area contributed by atoms with Gasteiger partial charge in [0.25, 0.3) is 5.91 Å². The van der Waals surface area contributed by atoms with E-state index in [1.807, 2.05) is 27.7 Å². The minimum absolute atomic E-state index is 0.00728. The molecule has 182 valence electrons. The average molecular weight is 488 g/mol. The molecule has 0 bridgehead atoms. The fourth-order valence-corrected chi connectivity index (χ4v) is 3.95. The predicted octanol–water partition coefficient (Wildman–Crippen LogP) is 3.21. The number of carbonyl (C=O) groups excluding carboxylic acids is 1. The number of nitrogens with zero attached hydrogens (tertiary/aromatic N) is 3. The predicted molar refractivity (Wildman–Crippen MR) is 120 cm³/mol. The van der Waals surface area contributed by atoms with Crippen LogP contribution in [0.1, 0.15) is 43.6 Å².